The minimum absolute atomic E-state index is 0.0702. The van der Waals surface area contributed by atoms with Gasteiger partial charge < -0.3 is 15.0 Å². The summed E-state index contributed by atoms with van der Waals surface area (Å²) >= 11 is 0. The number of nitrogens with zero attached hydrogens (tertiary/aromatic N) is 5. The molecule has 4 fully saturated rings. The SMILES string of the molecule is CCc1cccc(-c2ncc3c(CNCC4(N(C)C)CCC4)nc(OCC45CCCN4CCC5)nc3c2F)c1C1CC1. The molecule has 0 radical (unpaired) electrons. The predicted molar refractivity (Wildman–Crippen MR) is 164 cm³/mol. The van der Waals surface area contributed by atoms with E-state index < -0.39 is 0 Å². The van der Waals surface area contributed by atoms with Gasteiger partial charge in [-0.05, 0) is 108 Å². The fourth-order valence-corrected chi connectivity index (χ4v) is 7.90. The molecular weight excluding hydrogens is 527 g/mol. The maximum atomic E-state index is 16.6. The summed E-state index contributed by atoms with van der Waals surface area (Å²) < 4.78 is 23.0. The second-order valence-electron chi connectivity index (χ2n) is 13.4. The van der Waals surface area contributed by atoms with Crippen LogP contribution in [-0.4, -0.2) is 76.2 Å². The van der Waals surface area contributed by atoms with Gasteiger partial charge >= 0.3 is 6.01 Å². The monoisotopic (exact) mass is 572 g/mol. The zero-order valence-electron chi connectivity index (χ0n) is 25.5. The zero-order chi connectivity index (χ0) is 28.9. The van der Waals surface area contributed by atoms with Gasteiger partial charge in [0, 0.05) is 35.8 Å². The third kappa shape index (κ3) is 4.89. The second kappa shape index (κ2) is 11.1. The van der Waals surface area contributed by atoms with Gasteiger partial charge in [-0.3, -0.25) is 9.88 Å². The molecule has 7 nitrogen and oxygen atoms in total. The van der Waals surface area contributed by atoms with E-state index in [9.17, 15) is 0 Å². The highest BCUT2D eigenvalue weighted by Crippen LogP contribution is 2.47. The molecule has 2 aliphatic heterocycles. The number of hydrogen-bond donors (Lipinski definition) is 1. The summed E-state index contributed by atoms with van der Waals surface area (Å²) in [6.07, 6.45) is 13.3. The second-order valence-corrected chi connectivity index (χ2v) is 13.4. The number of aryl methyl sites for hydroxylation is 1. The van der Waals surface area contributed by atoms with Gasteiger partial charge in [0.25, 0.3) is 0 Å². The summed E-state index contributed by atoms with van der Waals surface area (Å²) in [4.78, 5) is 19.2. The van der Waals surface area contributed by atoms with Crippen molar-refractivity contribution in [3.63, 3.8) is 0 Å². The molecule has 1 N–H and O–H groups in total. The van der Waals surface area contributed by atoms with Gasteiger partial charge in [0.15, 0.2) is 5.82 Å². The number of aromatic nitrogens is 3. The van der Waals surface area contributed by atoms with E-state index in [2.05, 4.69) is 42.2 Å². The van der Waals surface area contributed by atoms with E-state index in [0.29, 0.717) is 35.7 Å². The molecule has 3 aromatic rings. The molecule has 0 atom stereocenters. The van der Waals surface area contributed by atoms with Crippen LogP contribution in [0.3, 0.4) is 0 Å². The molecule has 224 valence electrons. The molecule has 0 bridgehead atoms. The Kier molecular flexibility index (Phi) is 7.43. The third-order valence-corrected chi connectivity index (χ3v) is 10.8. The van der Waals surface area contributed by atoms with Crippen LogP contribution in [0.5, 0.6) is 6.01 Å². The van der Waals surface area contributed by atoms with Crippen LogP contribution >= 0.6 is 0 Å². The van der Waals surface area contributed by atoms with E-state index in [1.54, 1.807) is 6.20 Å². The van der Waals surface area contributed by atoms with Crippen molar-refractivity contribution < 1.29 is 9.13 Å². The van der Waals surface area contributed by atoms with Crippen LogP contribution in [0.4, 0.5) is 4.39 Å². The largest absolute Gasteiger partial charge is 0.461 e. The number of hydrogen-bond acceptors (Lipinski definition) is 7. The first-order valence-corrected chi connectivity index (χ1v) is 16.2. The standard InChI is InChI=1S/C34H45FN6O/c1-4-23-9-5-10-25(28(23)24-11-12-24)30-29(35)31-26(19-37-30)27(20-36-21-33(40(2)3)13-6-14-33)38-32(39-31)42-22-34-15-7-17-41(34)18-8-16-34/h5,9-10,19,24,36H,4,6-8,11-18,20-22H2,1-3H3. The molecule has 7 rings (SSSR count). The number of nitrogens with one attached hydrogen (secondary N) is 1. The van der Waals surface area contributed by atoms with Gasteiger partial charge in [0.1, 0.15) is 17.8 Å². The van der Waals surface area contributed by atoms with Gasteiger partial charge in [-0.1, -0.05) is 25.1 Å². The zero-order valence-corrected chi connectivity index (χ0v) is 25.5. The van der Waals surface area contributed by atoms with Crippen molar-refractivity contribution in [2.24, 2.45) is 0 Å². The van der Waals surface area contributed by atoms with Crippen molar-refractivity contribution in [3.8, 4) is 17.3 Å². The Balaban J connectivity index is 1.25. The average Bonchev–Trinajstić information content (AvgIpc) is 3.61. The van der Waals surface area contributed by atoms with Crippen LogP contribution in [0, 0.1) is 5.82 Å². The number of benzene rings is 1. The molecule has 2 aliphatic carbocycles. The Morgan fingerprint density at radius 2 is 1.86 bits per heavy atom. The minimum atomic E-state index is -0.374. The average molecular weight is 573 g/mol. The van der Waals surface area contributed by atoms with Crippen molar-refractivity contribution in [1.82, 2.24) is 30.1 Å². The Bertz CT molecular complexity index is 1460. The van der Waals surface area contributed by atoms with E-state index in [4.69, 9.17) is 19.7 Å². The highest BCUT2D eigenvalue weighted by Gasteiger charge is 2.45. The molecule has 2 saturated heterocycles. The molecular formula is C34H45FN6O. The molecule has 0 amide bonds. The normalized spacial score (nSPS) is 21.2. The highest BCUT2D eigenvalue weighted by molar-refractivity contribution is 5.85. The van der Waals surface area contributed by atoms with Crippen molar-refractivity contribution in [2.45, 2.75) is 94.7 Å². The highest BCUT2D eigenvalue weighted by atomic mass is 19.1. The summed E-state index contributed by atoms with van der Waals surface area (Å²) in [5, 5.41) is 4.30. The lowest BCUT2D eigenvalue weighted by Crippen LogP contribution is -2.56. The molecule has 1 aromatic carbocycles. The first-order chi connectivity index (χ1) is 20.4. The van der Waals surface area contributed by atoms with Gasteiger partial charge in [-0.25, -0.2) is 4.39 Å². The van der Waals surface area contributed by atoms with Crippen molar-refractivity contribution in [2.75, 3.05) is 40.3 Å². The van der Waals surface area contributed by atoms with Crippen molar-refractivity contribution in [3.05, 3.63) is 47.0 Å². The number of rotatable bonds is 11. The maximum Gasteiger partial charge on any atom is 0.317 e. The number of ether oxygens (including phenoxy) is 1. The quantitative estimate of drug-likeness (QED) is 0.309. The van der Waals surface area contributed by atoms with Crippen molar-refractivity contribution in [1.29, 1.82) is 0 Å². The first kappa shape index (κ1) is 28.1. The van der Waals surface area contributed by atoms with Crippen LogP contribution in [0.15, 0.2) is 24.4 Å². The lowest BCUT2D eigenvalue weighted by Gasteiger charge is -2.47. The fourth-order valence-electron chi connectivity index (χ4n) is 7.90. The van der Waals surface area contributed by atoms with Crippen LogP contribution < -0.4 is 10.1 Å². The lowest BCUT2D eigenvalue weighted by molar-refractivity contribution is 0.0597. The Morgan fingerprint density at radius 3 is 2.52 bits per heavy atom. The van der Waals surface area contributed by atoms with Gasteiger partial charge in [0.05, 0.1) is 11.2 Å². The Hall–Kier alpha value is -2.68. The van der Waals surface area contributed by atoms with E-state index >= 15 is 4.39 Å². The molecule has 0 spiro atoms. The molecule has 2 aromatic heterocycles. The minimum Gasteiger partial charge on any atom is -0.461 e. The van der Waals surface area contributed by atoms with Crippen molar-refractivity contribution >= 4 is 10.9 Å². The lowest BCUT2D eigenvalue weighted by atomic mass is 9.75. The van der Waals surface area contributed by atoms with E-state index in [-0.39, 0.29) is 22.9 Å². The van der Waals surface area contributed by atoms with Crippen LogP contribution in [-0.2, 0) is 13.0 Å². The fraction of sp³-hybridized carbons (Fsp3) is 0.618. The van der Waals surface area contributed by atoms with Crippen LogP contribution in [0.1, 0.15) is 87.4 Å². The molecule has 8 heteroatoms. The molecule has 42 heavy (non-hydrogen) atoms. The Labute approximate surface area is 249 Å². The van der Waals surface area contributed by atoms with Crippen LogP contribution in [0.2, 0.25) is 0 Å². The number of pyridine rings is 1. The van der Waals surface area contributed by atoms with Gasteiger partial charge in [-0.2, -0.15) is 9.97 Å². The maximum absolute atomic E-state index is 16.6. The smallest absolute Gasteiger partial charge is 0.317 e. The molecule has 0 unspecified atom stereocenters. The van der Waals surface area contributed by atoms with Gasteiger partial charge in [0.2, 0.25) is 0 Å². The van der Waals surface area contributed by atoms with Gasteiger partial charge in [-0.15, -0.1) is 0 Å². The van der Waals surface area contributed by atoms with E-state index in [0.717, 1.165) is 63.0 Å². The topological polar surface area (TPSA) is 66.4 Å². The van der Waals surface area contributed by atoms with Crippen LogP contribution in [0.25, 0.3) is 22.2 Å². The third-order valence-electron chi connectivity index (χ3n) is 10.8. The summed E-state index contributed by atoms with van der Waals surface area (Å²) in [7, 11) is 4.32. The van der Waals surface area contributed by atoms with E-state index in [1.165, 1.54) is 43.2 Å². The number of halogens is 1. The molecule has 2 saturated carbocycles. The summed E-state index contributed by atoms with van der Waals surface area (Å²) in [5.74, 6) is 0.120. The summed E-state index contributed by atoms with van der Waals surface area (Å²) in [6.45, 7) is 6.37. The Morgan fingerprint density at radius 1 is 1.07 bits per heavy atom. The number of fused-ring (bicyclic) bond motifs is 2. The first-order valence-electron chi connectivity index (χ1n) is 16.2. The summed E-state index contributed by atoms with van der Waals surface area (Å²) in [5.41, 5.74) is 5.14. The predicted octanol–water partition coefficient (Wildman–Crippen LogP) is 5.85. The van der Waals surface area contributed by atoms with E-state index in [1.807, 2.05) is 12.1 Å². The molecule has 4 heterocycles. The summed E-state index contributed by atoms with van der Waals surface area (Å²) in [6, 6.07) is 6.51. The molecule has 4 aliphatic rings. The number of likely N-dealkylation sites (N-methyl/N-ethyl adjacent to an activating group) is 1.